The van der Waals surface area contributed by atoms with Crippen molar-refractivity contribution in [3.8, 4) is 0 Å². The highest BCUT2D eigenvalue weighted by Gasteiger charge is 2.41. The Kier molecular flexibility index (Phi) is 4.86. The number of rotatable bonds is 6. The van der Waals surface area contributed by atoms with Gasteiger partial charge in [0.15, 0.2) is 0 Å². The number of amides is 2. The fraction of sp³-hybridized carbons (Fsp3) is 0.727. The summed E-state index contributed by atoms with van der Waals surface area (Å²) >= 11 is 0. The summed E-state index contributed by atoms with van der Waals surface area (Å²) in [6, 6.07) is -1.34. The molecule has 1 atom stereocenters. The van der Waals surface area contributed by atoms with Crippen LogP contribution in [-0.4, -0.2) is 34.5 Å². The van der Waals surface area contributed by atoms with E-state index in [-0.39, 0.29) is 0 Å². The molecule has 18 heavy (non-hydrogen) atoms. The molecule has 0 bridgehead atoms. The zero-order valence-electron chi connectivity index (χ0n) is 11.1. The fourth-order valence-corrected chi connectivity index (χ4v) is 1.03. The van der Waals surface area contributed by atoms with E-state index in [9.17, 15) is 14.4 Å². The lowest BCUT2D eigenvalue weighted by molar-refractivity contribution is -0.145. The highest BCUT2D eigenvalue weighted by atomic mass is 16.4. The van der Waals surface area contributed by atoms with Gasteiger partial charge in [-0.1, -0.05) is 0 Å². The lowest BCUT2D eigenvalue weighted by Crippen LogP contribution is -2.58. The molecular weight excluding hydrogens is 238 g/mol. The van der Waals surface area contributed by atoms with Gasteiger partial charge >= 0.3 is 5.97 Å². The van der Waals surface area contributed by atoms with Gasteiger partial charge < -0.3 is 21.9 Å². The standard InChI is InChI=1S/C11H21N3O4/c1-10(2,11(3,4)13)9(18)14-6(8(16)17)5-7(12)15/h6H,5,13H2,1-4H3,(H2,12,15)(H,14,18)(H,16,17)/t6-/m1/s1. The molecular formula is C11H21N3O4. The van der Waals surface area contributed by atoms with Crippen molar-refractivity contribution in [1.29, 1.82) is 0 Å². The van der Waals surface area contributed by atoms with E-state index in [0.29, 0.717) is 0 Å². The van der Waals surface area contributed by atoms with Gasteiger partial charge in [0.2, 0.25) is 11.8 Å². The molecule has 0 aromatic rings. The highest BCUT2D eigenvalue weighted by Crippen LogP contribution is 2.28. The average Bonchev–Trinajstić information content (AvgIpc) is 2.13. The minimum absolute atomic E-state index is 0.456. The second-order valence-electron chi connectivity index (χ2n) is 5.38. The van der Waals surface area contributed by atoms with Gasteiger partial charge in [-0.25, -0.2) is 4.79 Å². The van der Waals surface area contributed by atoms with Crippen molar-refractivity contribution in [2.45, 2.75) is 45.7 Å². The predicted octanol–water partition coefficient (Wildman–Crippen LogP) is -0.805. The first kappa shape index (κ1) is 16.4. The molecule has 6 N–H and O–H groups in total. The maximum atomic E-state index is 12.0. The normalized spacial score (nSPS) is 13.8. The van der Waals surface area contributed by atoms with Crippen molar-refractivity contribution in [2.24, 2.45) is 16.9 Å². The van der Waals surface area contributed by atoms with Gasteiger partial charge in [-0.15, -0.1) is 0 Å². The number of carboxylic acids is 1. The van der Waals surface area contributed by atoms with Crippen molar-refractivity contribution >= 4 is 17.8 Å². The van der Waals surface area contributed by atoms with Gasteiger partial charge in [0.25, 0.3) is 0 Å². The van der Waals surface area contributed by atoms with Crippen LogP contribution in [0.1, 0.15) is 34.1 Å². The monoisotopic (exact) mass is 259 g/mol. The number of carbonyl (C=O) groups is 3. The summed E-state index contributed by atoms with van der Waals surface area (Å²) in [5.41, 5.74) is 8.96. The molecule has 2 amide bonds. The summed E-state index contributed by atoms with van der Waals surface area (Å²) in [6.45, 7) is 6.53. The van der Waals surface area contributed by atoms with Crippen LogP contribution in [0.5, 0.6) is 0 Å². The summed E-state index contributed by atoms with van der Waals surface area (Å²) in [4.78, 5) is 33.6. The maximum absolute atomic E-state index is 12.0. The Balaban J connectivity index is 4.91. The van der Waals surface area contributed by atoms with E-state index in [2.05, 4.69) is 5.32 Å². The largest absolute Gasteiger partial charge is 0.480 e. The molecule has 0 aliphatic heterocycles. The van der Waals surface area contributed by atoms with Gasteiger partial charge in [-0.05, 0) is 27.7 Å². The van der Waals surface area contributed by atoms with E-state index in [1.54, 1.807) is 27.7 Å². The Morgan fingerprint density at radius 2 is 1.67 bits per heavy atom. The van der Waals surface area contributed by atoms with Gasteiger partial charge in [0.1, 0.15) is 6.04 Å². The van der Waals surface area contributed by atoms with Crippen LogP contribution in [0.3, 0.4) is 0 Å². The first-order chi connectivity index (χ1) is 7.89. The van der Waals surface area contributed by atoms with Crippen LogP contribution < -0.4 is 16.8 Å². The smallest absolute Gasteiger partial charge is 0.326 e. The molecule has 0 aliphatic carbocycles. The summed E-state index contributed by atoms with van der Waals surface area (Å²) < 4.78 is 0. The molecule has 0 unspecified atom stereocenters. The van der Waals surface area contributed by atoms with E-state index in [1.807, 2.05) is 0 Å². The number of hydrogen-bond acceptors (Lipinski definition) is 4. The molecule has 0 radical (unpaired) electrons. The van der Waals surface area contributed by atoms with Gasteiger partial charge in [-0.3, -0.25) is 9.59 Å². The summed E-state index contributed by atoms with van der Waals surface area (Å²) in [5, 5.41) is 11.2. The number of hydrogen-bond donors (Lipinski definition) is 4. The number of nitrogens with one attached hydrogen (secondary N) is 1. The minimum atomic E-state index is -1.34. The second-order valence-corrected chi connectivity index (χ2v) is 5.38. The Morgan fingerprint density at radius 1 is 1.22 bits per heavy atom. The number of carboxylic acid groups (broad SMARTS) is 1. The molecule has 0 aromatic heterocycles. The second kappa shape index (κ2) is 5.34. The molecule has 0 spiro atoms. The first-order valence-corrected chi connectivity index (χ1v) is 5.50. The summed E-state index contributed by atoms with van der Waals surface area (Å²) in [6.07, 6.45) is -0.456. The molecule has 7 nitrogen and oxygen atoms in total. The third-order valence-electron chi connectivity index (χ3n) is 3.19. The molecule has 0 aliphatic rings. The van der Waals surface area contributed by atoms with Gasteiger partial charge in [0.05, 0.1) is 11.8 Å². The van der Waals surface area contributed by atoms with Crippen molar-refractivity contribution in [2.75, 3.05) is 0 Å². The van der Waals surface area contributed by atoms with Crippen molar-refractivity contribution < 1.29 is 19.5 Å². The summed E-state index contributed by atoms with van der Waals surface area (Å²) in [7, 11) is 0. The van der Waals surface area contributed by atoms with Crippen LogP contribution >= 0.6 is 0 Å². The molecule has 0 rings (SSSR count). The molecule has 104 valence electrons. The van der Waals surface area contributed by atoms with Crippen LogP contribution in [-0.2, 0) is 14.4 Å². The lowest BCUT2D eigenvalue weighted by atomic mass is 9.74. The number of aliphatic carboxylic acids is 1. The van der Waals surface area contributed by atoms with E-state index >= 15 is 0 Å². The van der Waals surface area contributed by atoms with Crippen LogP contribution in [0.4, 0.5) is 0 Å². The Labute approximate surface area is 106 Å². The molecule has 0 saturated heterocycles. The number of primary amides is 1. The van der Waals surface area contributed by atoms with Gasteiger partial charge in [-0.2, -0.15) is 0 Å². The lowest BCUT2D eigenvalue weighted by Gasteiger charge is -2.37. The topological polar surface area (TPSA) is 136 Å². The third-order valence-corrected chi connectivity index (χ3v) is 3.19. The highest BCUT2D eigenvalue weighted by molar-refractivity contribution is 5.90. The zero-order chi connectivity index (χ0) is 14.7. The van der Waals surface area contributed by atoms with Gasteiger partial charge in [0, 0.05) is 5.54 Å². The predicted molar refractivity (Wildman–Crippen MR) is 65.4 cm³/mol. The van der Waals surface area contributed by atoms with Crippen molar-refractivity contribution in [3.63, 3.8) is 0 Å². The Morgan fingerprint density at radius 3 is 1.94 bits per heavy atom. The first-order valence-electron chi connectivity index (χ1n) is 5.50. The molecule has 0 saturated carbocycles. The van der Waals surface area contributed by atoms with Crippen LogP contribution in [0.2, 0.25) is 0 Å². The fourth-order valence-electron chi connectivity index (χ4n) is 1.03. The third kappa shape index (κ3) is 3.99. The average molecular weight is 259 g/mol. The molecule has 7 heteroatoms. The van der Waals surface area contributed by atoms with Crippen molar-refractivity contribution in [1.82, 2.24) is 5.32 Å². The number of carbonyl (C=O) groups excluding carboxylic acids is 2. The molecule has 0 aromatic carbocycles. The molecule has 0 fully saturated rings. The SMILES string of the molecule is CC(C)(N)C(C)(C)C(=O)N[C@H](CC(N)=O)C(=O)O. The summed E-state index contributed by atoms with van der Waals surface area (Å²) in [5.74, 6) is -2.65. The van der Waals surface area contributed by atoms with E-state index in [4.69, 9.17) is 16.6 Å². The molecule has 0 heterocycles. The maximum Gasteiger partial charge on any atom is 0.326 e. The van der Waals surface area contributed by atoms with E-state index < -0.39 is 41.2 Å². The quantitative estimate of drug-likeness (QED) is 0.495. The van der Waals surface area contributed by atoms with Crippen molar-refractivity contribution in [3.05, 3.63) is 0 Å². The Bertz CT molecular complexity index is 358. The van der Waals surface area contributed by atoms with E-state index in [0.717, 1.165) is 0 Å². The van der Waals surface area contributed by atoms with Crippen LogP contribution in [0.15, 0.2) is 0 Å². The van der Waals surface area contributed by atoms with Crippen LogP contribution in [0.25, 0.3) is 0 Å². The van der Waals surface area contributed by atoms with Crippen LogP contribution in [0, 0.1) is 5.41 Å². The minimum Gasteiger partial charge on any atom is -0.480 e. The Hall–Kier alpha value is -1.63. The zero-order valence-corrected chi connectivity index (χ0v) is 11.1. The van der Waals surface area contributed by atoms with E-state index in [1.165, 1.54) is 0 Å². The number of nitrogens with two attached hydrogens (primary N) is 2.